The highest BCUT2D eigenvalue weighted by molar-refractivity contribution is 6.17. The molecule has 1 aromatic rings. The first-order valence-electron chi connectivity index (χ1n) is 5.55. The van der Waals surface area contributed by atoms with Crippen LogP contribution in [0.4, 0.5) is 6.01 Å². The molecule has 0 saturated carbocycles. The fraction of sp³-hybridized carbons (Fsp3) is 0.700. The Kier molecular flexibility index (Phi) is 5.76. The Balaban J connectivity index is 2.70. The molecule has 1 aromatic heterocycles. The summed E-state index contributed by atoms with van der Waals surface area (Å²) in [5.41, 5.74) is 0. The zero-order valence-corrected chi connectivity index (χ0v) is 10.8. The van der Waals surface area contributed by atoms with Crippen molar-refractivity contribution in [3.8, 4) is 0 Å². The maximum absolute atomic E-state index is 11.3. The summed E-state index contributed by atoms with van der Waals surface area (Å²) < 4.78 is 5.42. The minimum absolute atomic E-state index is 0.0875. The molecule has 0 radical (unpaired) electrons. The summed E-state index contributed by atoms with van der Waals surface area (Å²) in [6, 6.07) is 0.371. The highest BCUT2D eigenvalue weighted by atomic mass is 35.5. The van der Waals surface area contributed by atoms with Crippen molar-refractivity contribution in [2.24, 2.45) is 0 Å². The molecule has 17 heavy (non-hydrogen) atoms. The summed E-state index contributed by atoms with van der Waals surface area (Å²) in [5.74, 6) is 0.841. The lowest BCUT2D eigenvalue weighted by molar-refractivity contribution is -0.119. The fourth-order valence-electron chi connectivity index (χ4n) is 1.32. The van der Waals surface area contributed by atoms with Gasteiger partial charge in [-0.1, -0.05) is 12.0 Å². The van der Waals surface area contributed by atoms with Gasteiger partial charge in [-0.25, -0.2) is 0 Å². The minimum atomic E-state index is -0.0875. The molecule has 0 bridgehead atoms. The van der Waals surface area contributed by atoms with Gasteiger partial charge in [0, 0.05) is 25.9 Å². The van der Waals surface area contributed by atoms with Crippen molar-refractivity contribution in [2.75, 3.05) is 30.9 Å². The van der Waals surface area contributed by atoms with Gasteiger partial charge in [0.05, 0.1) is 0 Å². The van der Waals surface area contributed by atoms with Crippen molar-refractivity contribution in [1.82, 2.24) is 15.5 Å². The van der Waals surface area contributed by atoms with Gasteiger partial charge < -0.3 is 14.6 Å². The van der Waals surface area contributed by atoms with Gasteiger partial charge in [0.1, 0.15) is 6.54 Å². The number of hydrogen-bond donors (Lipinski definition) is 1. The number of anilines is 1. The summed E-state index contributed by atoms with van der Waals surface area (Å²) in [4.78, 5) is 13.1. The minimum Gasteiger partial charge on any atom is -0.408 e. The molecule has 0 atom stereocenters. The van der Waals surface area contributed by atoms with Crippen LogP contribution in [0.5, 0.6) is 0 Å². The predicted molar refractivity (Wildman–Crippen MR) is 65.3 cm³/mol. The lowest BCUT2D eigenvalue weighted by Gasteiger charge is -2.17. The highest BCUT2D eigenvalue weighted by Crippen LogP contribution is 2.13. The van der Waals surface area contributed by atoms with Gasteiger partial charge in [0.25, 0.3) is 0 Å². The number of nitrogens with zero attached hydrogens (tertiary/aromatic N) is 3. The molecule has 7 heteroatoms. The van der Waals surface area contributed by atoms with Crippen LogP contribution in [0.3, 0.4) is 0 Å². The van der Waals surface area contributed by atoms with Gasteiger partial charge in [-0.3, -0.25) is 4.79 Å². The largest absolute Gasteiger partial charge is 0.408 e. The van der Waals surface area contributed by atoms with E-state index in [4.69, 9.17) is 16.0 Å². The van der Waals surface area contributed by atoms with Crippen molar-refractivity contribution in [1.29, 1.82) is 0 Å². The summed E-state index contributed by atoms with van der Waals surface area (Å²) in [6.07, 6.45) is 1.43. The van der Waals surface area contributed by atoms with E-state index in [1.807, 2.05) is 6.92 Å². The number of rotatable bonds is 7. The molecule has 0 aliphatic heterocycles. The van der Waals surface area contributed by atoms with E-state index in [-0.39, 0.29) is 12.5 Å². The monoisotopic (exact) mass is 260 g/mol. The van der Waals surface area contributed by atoms with Gasteiger partial charge in [0.2, 0.25) is 11.8 Å². The molecule has 0 spiro atoms. The van der Waals surface area contributed by atoms with E-state index in [9.17, 15) is 4.79 Å². The third-order valence-corrected chi connectivity index (χ3v) is 2.33. The van der Waals surface area contributed by atoms with Crippen molar-refractivity contribution < 1.29 is 9.21 Å². The molecule has 0 aliphatic rings. The molecule has 0 saturated heterocycles. The van der Waals surface area contributed by atoms with Crippen LogP contribution >= 0.6 is 11.6 Å². The lowest BCUT2D eigenvalue weighted by Crippen LogP contribution is -2.36. The Morgan fingerprint density at radius 2 is 2.29 bits per heavy atom. The van der Waals surface area contributed by atoms with Crippen molar-refractivity contribution in [3.63, 3.8) is 0 Å². The first-order chi connectivity index (χ1) is 8.21. The van der Waals surface area contributed by atoms with E-state index in [2.05, 4.69) is 15.5 Å². The Hall–Kier alpha value is -1.30. The number of alkyl halides is 1. The second-order valence-electron chi connectivity index (χ2n) is 3.51. The molecule has 1 heterocycles. The van der Waals surface area contributed by atoms with Crippen LogP contribution in [-0.4, -0.2) is 42.1 Å². The summed E-state index contributed by atoms with van der Waals surface area (Å²) >= 11 is 5.59. The first-order valence-corrected chi connectivity index (χ1v) is 6.08. The Morgan fingerprint density at radius 3 is 2.88 bits per heavy atom. The molecule has 0 aliphatic carbocycles. The number of hydrogen-bond acceptors (Lipinski definition) is 5. The topological polar surface area (TPSA) is 71.3 Å². The quantitative estimate of drug-likeness (QED) is 0.735. The van der Waals surface area contributed by atoms with E-state index in [0.717, 1.165) is 6.42 Å². The second kappa shape index (κ2) is 7.11. The average molecular weight is 261 g/mol. The maximum Gasteiger partial charge on any atom is 0.318 e. The standard InChI is InChI=1S/C10H17ClN4O2/c1-3-6-15(7-8(16)12-2)10-14-13-9(17-10)4-5-11/h3-7H2,1-2H3,(H,12,16). The Labute approximate surface area is 105 Å². The molecule has 6 nitrogen and oxygen atoms in total. The number of aromatic nitrogens is 2. The second-order valence-corrected chi connectivity index (χ2v) is 3.89. The van der Waals surface area contributed by atoms with Crippen LogP contribution in [0, 0.1) is 0 Å². The van der Waals surface area contributed by atoms with E-state index in [1.54, 1.807) is 11.9 Å². The highest BCUT2D eigenvalue weighted by Gasteiger charge is 2.16. The smallest absolute Gasteiger partial charge is 0.318 e. The average Bonchev–Trinajstić information content (AvgIpc) is 2.77. The number of carbonyl (C=O) groups is 1. The Morgan fingerprint density at radius 1 is 1.53 bits per heavy atom. The van der Waals surface area contributed by atoms with E-state index in [0.29, 0.717) is 30.8 Å². The Bertz CT molecular complexity index is 356. The van der Waals surface area contributed by atoms with Crippen LogP contribution in [0.1, 0.15) is 19.2 Å². The molecule has 96 valence electrons. The summed E-state index contributed by atoms with van der Waals surface area (Å²) in [7, 11) is 1.60. The van der Waals surface area contributed by atoms with Crippen LogP contribution in [-0.2, 0) is 11.2 Å². The number of halogens is 1. The summed E-state index contributed by atoms with van der Waals surface area (Å²) in [5, 5.41) is 10.3. The van der Waals surface area contributed by atoms with E-state index < -0.39 is 0 Å². The van der Waals surface area contributed by atoms with Gasteiger partial charge >= 0.3 is 6.01 Å². The number of aryl methyl sites for hydroxylation is 1. The SMILES string of the molecule is CCCN(CC(=O)NC)c1nnc(CCCl)o1. The van der Waals surface area contributed by atoms with Gasteiger partial charge in [-0.2, -0.15) is 0 Å². The zero-order chi connectivity index (χ0) is 12.7. The molecule has 0 unspecified atom stereocenters. The molecule has 0 fully saturated rings. The number of likely N-dealkylation sites (N-methyl/N-ethyl adjacent to an activating group) is 1. The van der Waals surface area contributed by atoms with Crippen LogP contribution in [0.2, 0.25) is 0 Å². The normalized spacial score (nSPS) is 10.3. The summed E-state index contributed by atoms with van der Waals surface area (Å²) in [6.45, 7) is 2.93. The maximum atomic E-state index is 11.3. The van der Waals surface area contributed by atoms with Crippen LogP contribution in [0.25, 0.3) is 0 Å². The fourth-order valence-corrected chi connectivity index (χ4v) is 1.48. The molecular weight excluding hydrogens is 244 g/mol. The van der Waals surface area contributed by atoms with Crippen LogP contribution in [0.15, 0.2) is 4.42 Å². The van der Waals surface area contributed by atoms with Gasteiger partial charge in [-0.05, 0) is 6.42 Å². The van der Waals surface area contributed by atoms with Crippen LogP contribution < -0.4 is 10.2 Å². The molecule has 1 N–H and O–H groups in total. The number of amides is 1. The van der Waals surface area contributed by atoms with Crippen molar-refractivity contribution in [3.05, 3.63) is 5.89 Å². The zero-order valence-electron chi connectivity index (χ0n) is 10.1. The first kappa shape index (κ1) is 13.8. The predicted octanol–water partition coefficient (Wildman–Crippen LogP) is 0.813. The molecule has 1 amide bonds. The molecular formula is C10H17ClN4O2. The molecule has 0 aromatic carbocycles. The van der Waals surface area contributed by atoms with E-state index in [1.165, 1.54) is 0 Å². The van der Waals surface area contributed by atoms with Crippen molar-refractivity contribution >= 4 is 23.5 Å². The third kappa shape index (κ3) is 4.22. The van der Waals surface area contributed by atoms with Gasteiger partial charge in [0.15, 0.2) is 0 Å². The van der Waals surface area contributed by atoms with E-state index >= 15 is 0 Å². The molecule has 1 rings (SSSR count). The van der Waals surface area contributed by atoms with Crippen molar-refractivity contribution in [2.45, 2.75) is 19.8 Å². The number of carbonyl (C=O) groups excluding carboxylic acids is 1. The lowest BCUT2D eigenvalue weighted by atomic mass is 10.4. The number of nitrogens with one attached hydrogen (secondary N) is 1. The van der Waals surface area contributed by atoms with Gasteiger partial charge in [-0.15, -0.1) is 16.7 Å². The third-order valence-electron chi connectivity index (χ3n) is 2.14.